The summed E-state index contributed by atoms with van der Waals surface area (Å²) in [5.41, 5.74) is 8.86. The lowest BCUT2D eigenvalue weighted by atomic mass is 10.0. The largest absolute Gasteiger partial charge is 0.392 e. The van der Waals surface area contributed by atoms with Crippen LogP contribution in [0.25, 0.3) is 0 Å². The summed E-state index contributed by atoms with van der Waals surface area (Å²) < 4.78 is 0. The maximum Gasteiger partial charge on any atom is 0.227 e. The van der Waals surface area contributed by atoms with Crippen molar-refractivity contribution in [2.45, 2.75) is 20.3 Å². The first kappa shape index (κ1) is 13.6. The Morgan fingerprint density at radius 3 is 2.53 bits per heavy atom. The van der Waals surface area contributed by atoms with Gasteiger partial charge < -0.3 is 10.6 Å². The minimum absolute atomic E-state index is 0.0288. The van der Waals surface area contributed by atoms with E-state index in [2.05, 4.69) is 6.92 Å². The maximum atomic E-state index is 11.9. The molecular formula is C13H18N2OS. The highest BCUT2D eigenvalue weighted by atomic mass is 32.1. The number of rotatable bonds is 4. The quantitative estimate of drug-likeness (QED) is 0.826. The van der Waals surface area contributed by atoms with Crippen molar-refractivity contribution in [3.8, 4) is 0 Å². The van der Waals surface area contributed by atoms with Crippen molar-refractivity contribution >= 4 is 23.1 Å². The average molecular weight is 250 g/mol. The zero-order valence-electron chi connectivity index (χ0n) is 10.5. The smallest absolute Gasteiger partial charge is 0.227 e. The minimum atomic E-state index is 0.0288. The van der Waals surface area contributed by atoms with Gasteiger partial charge in [-0.05, 0) is 30.5 Å². The monoisotopic (exact) mass is 250 g/mol. The van der Waals surface area contributed by atoms with Crippen LogP contribution >= 0.6 is 12.2 Å². The Balaban J connectivity index is 2.67. The summed E-state index contributed by atoms with van der Waals surface area (Å²) in [6.45, 7) is 4.43. The molecular weight excluding hydrogens is 232 g/mol. The second-order valence-electron chi connectivity index (χ2n) is 4.31. The lowest BCUT2D eigenvalue weighted by Crippen LogP contribution is -2.35. The molecule has 1 aromatic rings. The van der Waals surface area contributed by atoms with Gasteiger partial charge in [-0.1, -0.05) is 30.4 Å². The molecule has 1 amide bonds. The molecule has 0 fully saturated rings. The van der Waals surface area contributed by atoms with Crippen LogP contribution in [0.5, 0.6) is 0 Å². The number of benzene rings is 1. The number of thiocarbonyl (C=S) groups is 1. The molecule has 17 heavy (non-hydrogen) atoms. The molecule has 4 heteroatoms. The minimum Gasteiger partial charge on any atom is -0.392 e. The van der Waals surface area contributed by atoms with Crippen LogP contribution in [0.3, 0.4) is 0 Å². The summed E-state index contributed by atoms with van der Waals surface area (Å²) in [6.07, 6.45) is 0.389. The van der Waals surface area contributed by atoms with Crippen molar-refractivity contribution in [1.29, 1.82) is 0 Å². The SMILES string of the molecule is Cc1ccc(CC(=O)N(C)CC(N)=S)cc1C. The average Bonchev–Trinajstić information content (AvgIpc) is 2.22. The van der Waals surface area contributed by atoms with Crippen LogP contribution in [0.1, 0.15) is 16.7 Å². The first-order valence-electron chi connectivity index (χ1n) is 5.48. The molecule has 0 atom stereocenters. The first-order chi connectivity index (χ1) is 7.90. The van der Waals surface area contributed by atoms with Gasteiger partial charge >= 0.3 is 0 Å². The van der Waals surface area contributed by atoms with Gasteiger partial charge in [-0.15, -0.1) is 0 Å². The number of likely N-dealkylation sites (N-methyl/N-ethyl adjacent to an activating group) is 1. The van der Waals surface area contributed by atoms with Gasteiger partial charge in [-0.25, -0.2) is 0 Å². The third-order valence-corrected chi connectivity index (χ3v) is 2.87. The van der Waals surface area contributed by atoms with Gasteiger partial charge in [0.15, 0.2) is 0 Å². The van der Waals surface area contributed by atoms with Crippen LogP contribution in [-0.4, -0.2) is 29.4 Å². The third-order valence-electron chi connectivity index (χ3n) is 2.75. The predicted molar refractivity (Wildman–Crippen MR) is 74.0 cm³/mol. The van der Waals surface area contributed by atoms with E-state index in [4.69, 9.17) is 18.0 Å². The number of carbonyl (C=O) groups excluding carboxylic acids is 1. The third kappa shape index (κ3) is 4.15. The lowest BCUT2D eigenvalue weighted by molar-refractivity contribution is -0.128. The van der Waals surface area contributed by atoms with Crippen LogP contribution in [-0.2, 0) is 11.2 Å². The van der Waals surface area contributed by atoms with E-state index in [1.165, 1.54) is 11.1 Å². The summed E-state index contributed by atoms with van der Waals surface area (Å²) in [5.74, 6) is 0.0288. The normalized spacial score (nSPS) is 10.1. The van der Waals surface area contributed by atoms with Crippen LogP contribution in [0.2, 0.25) is 0 Å². The number of aryl methyl sites for hydroxylation is 2. The Labute approximate surface area is 108 Å². The molecule has 0 aromatic heterocycles. The van der Waals surface area contributed by atoms with Crippen molar-refractivity contribution in [1.82, 2.24) is 4.90 Å². The maximum absolute atomic E-state index is 11.9. The summed E-state index contributed by atoms with van der Waals surface area (Å²) in [5, 5.41) is 0. The molecule has 0 aliphatic rings. The molecule has 0 spiro atoms. The molecule has 0 bridgehead atoms. The van der Waals surface area contributed by atoms with Crippen molar-refractivity contribution < 1.29 is 4.79 Å². The van der Waals surface area contributed by atoms with E-state index in [1.807, 2.05) is 25.1 Å². The summed E-state index contributed by atoms with van der Waals surface area (Å²) >= 11 is 4.78. The summed E-state index contributed by atoms with van der Waals surface area (Å²) in [7, 11) is 1.71. The number of carbonyl (C=O) groups is 1. The van der Waals surface area contributed by atoms with Crippen LogP contribution < -0.4 is 5.73 Å². The summed E-state index contributed by atoms with van der Waals surface area (Å²) in [6, 6.07) is 6.06. The zero-order chi connectivity index (χ0) is 13.0. The molecule has 0 radical (unpaired) electrons. The van der Waals surface area contributed by atoms with E-state index in [0.29, 0.717) is 18.0 Å². The predicted octanol–water partition coefficient (Wildman–Crippen LogP) is 1.59. The van der Waals surface area contributed by atoms with E-state index < -0.39 is 0 Å². The number of nitrogens with two attached hydrogens (primary N) is 1. The fraction of sp³-hybridized carbons (Fsp3) is 0.385. The molecule has 0 unspecified atom stereocenters. The van der Waals surface area contributed by atoms with Crippen molar-refractivity contribution in [2.75, 3.05) is 13.6 Å². The Bertz CT molecular complexity index is 443. The van der Waals surface area contributed by atoms with Gasteiger partial charge in [0.2, 0.25) is 5.91 Å². The highest BCUT2D eigenvalue weighted by molar-refractivity contribution is 7.80. The number of nitrogens with zero attached hydrogens (tertiary/aromatic N) is 1. The van der Waals surface area contributed by atoms with Gasteiger partial charge in [-0.3, -0.25) is 4.79 Å². The fourth-order valence-electron chi connectivity index (χ4n) is 1.54. The fourth-order valence-corrected chi connectivity index (χ4v) is 1.74. The molecule has 2 N–H and O–H groups in total. The highest BCUT2D eigenvalue weighted by Gasteiger charge is 2.10. The highest BCUT2D eigenvalue weighted by Crippen LogP contribution is 2.11. The Morgan fingerprint density at radius 2 is 2.00 bits per heavy atom. The molecule has 0 heterocycles. The number of hydrogen-bond acceptors (Lipinski definition) is 2. The molecule has 0 aliphatic carbocycles. The second kappa shape index (κ2) is 5.77. The van der Waals surface area contributed by atoms with E-state index in [9.17, 15) is 4.79 Å². The Morgan fingerprint density at radius 1 is 1.35 bits per heavy atom. The Kier molecular flexibility index (Phi) is 4.63. The van der Waals surface area contributed by atoms with Crippen molar-refractivity contribution in [3.63, 3.8) is 0 Å². The van der Waals surface area contributed by atoms with E-state index in [-0.39, 0.29) is 5.91 Å². The van der Waals surface area contributed by atoms with Crippen molar-refractivity contribution in [2.24, 2.45) is 5.73 Å². The molecule has 92 valence electrons. The van der Waals surface area contributed by atoms with Crippen LogP contribution in [0, 0.1) is 13.8 Å². The number of hydrogen-bond donors (Lipinski definition) is 1. The number of amides is 1. The van der Waals surface area contributed by atoms with Gasteiger partial charge in [0.25, 0.3) is 0 Å². The van der Waals surface area contributed by atoms with E-state index in [0.717, 1.165) is 5.56 Å². The van der Waals surface area contributed by atoms with Crippen LogP contribution in [0.15, 0.2) is 18.2 Å². The molecule has 0 aliphatic heterocycles. The van der Waals surface area contributed by atoms with Crippen LogP contribution in [0.4, 0.5) is 0 Å². The molecule has 0 saturated heterocycles. The standard InChI is InChI=1S/C13H18N2OS/c1-9-4-5-11(6-10(9)2)7-13(16)15(3)8-12(14)17/h4-6H,7-8H2,1-3H3,(H2,14,17). The molecule has 1 rings (SSSR count). The first-order valence-corrected chi connectivity index (χ1v) is 5.89. The Hall–Kier alpha value is -1.42. The van der Waals surface area contributed by atoms with Gasteiger partial charge in [-0.2, -0.15) is 0 Å². The van der Waals surface area contributed by atoms with E-state index in [1.54, 1.807) is 11.9 Å². The van der Waals surface area contributed by atoms with Gasteiger partial charge in [0.05, 0.1) is 18.0 Å². The summed E-state index contributed by atoms with van der Waals surface area (Å²) in [4.78, 5) is 13.7. The zero-order valence-corrected chi connectivity index (χ0v) is 11.3. The van der Waals surface area contributed by atoms with Gasteiger partial charge in [0.1, 0.15) is 0 Å². The van der Waals surface area contributed by atoms with E-state index >= 15 is 0 Å². The molecule has 3 nitrogen and oxygen atoms in total. The van der Waals surface area contributed by atoms with Gasteiger partial charge in [0, 0.05) is 7.05 Å². The van der Waals surface area contributed by atoms with Crippen molar-refractivity contribution in [3.05, 3.63) is 34.9 Å². The topological polar surface area (TPSA) is 46.3 Å². The second-order valence-corrected chi connectivity index (χ2v) is 4.84. The molecule has 0 saturated carbocycles. The lowest BCUT2D eigenvalue weighted by Gasteiger charge is -2.16. The molecule has 1 aromatic carbocycles.